The lowest BCUT2D eigenvalue weighted by molar-refractivity contribution is 0.184. The van der Waals surface area contributed by atoms with E-state index < -0.39 is 0 Å². The van der Waals surface area contributed by atoms with E-state index in [0.717, 1.165) is 12.8 Å². The summed E-state index contributed by atoms with van der Waals surface area (Å²) in [5, 5.41) is 9.33. The molecule has 1 unspecified atom stereocenters. The van der Waals surface area contributed by atoms with Gasteiger partial charge in [-0.15, -0.1) is 0 Å². The lowest BCUT2D eigenvalue weighted by Gasteiger charge is -2.30. The van der Waals surface area contributed by atoms with Gasteiger partial charge in [0.1, 0.15) is 0 Å². The first kappa shape index (κ1) is 19.2. The van der Waals surface area contributed by atoms with Crippen molar-refractivity contribution < 1.29 is 5.11 Å². The Morgan fingerprint density at radius 1 is 0.909 bits per heavy atom. The third kappa shape index (κ3) is 7.44. The number of rotatable bonds is 14. The summed E-state index contributed by atoms with van der Waals surface area (Å²) < 4.78 is 2.16. The average molecular weight is 309 g/mol. The van der Waals surface area contributed by atoms with Crippen LogP contribution in [0.15, 0.2) is 18.7 Å². The normalized spacial score (nSPS) is 14.1. The van der Waals surface area contributed by atoms with Gasteiger partial charge < -0.3 is 9.67 Å². The van der Waals surface area contributed by atoms with E-state index in [4.69, 9.17) is 0 Å². The highest BCUT2D eigenvalue weighted by Gasteiger charge is 2.24. The van der Waals surface area contributed by atoms with E-state index in [1.54, 1.807) is 0 Å². The Labute approximate surface area is 137 Å². The maximum absolute atomic E-state index is 9.33. The molecule has 1 atom stereocenters. The van der Waals surface area contributed by atoms with Gasteiger partial charge >= 0.3 is 0 Å². The monoisotopic (exact) mass is 308 g/mol. The second-order valence-electron chi connectivity index (χ2n) is 6.87. The minimum Gasteiger partial charge on any atom is -0.396 e. The minimum atomic E-state index is 0.0192. The molecule has 3 heteroatoms. The van der Waals surface area contributed by atoms with Crippen LogP contribution in [-0.4, -0.2) is 21.3 Å². The van der Waals surface area contributed by atoms with Crippen LogP contribution in [0.4, 0.5) is 0 Å². The predicted octanol–water partition coefficient (Wildman–Crippen LogP) is 5.29. The fraction of sp³-hybridized carbons (Fsp3) is 0.842. The van der Waals surface area contributed by atoms with E-state index in [0.29, 0.717) is 0 Å². The molecule has 0 saturated carbocycles. The lowest BCUT2D eigenvalue weighted by Crippen LogP contribution is -2.30. The number of nitrogens with zero attached hydrogens (tertiary/aromatic N) is 2. The first-order chi connectivity index (χ1) is 10.7. The molecule has 1 N–H and O–H groups in total. The standard InChI is InChI=1S/C19H36N2O/c1-3-4-5-6-7-8-9-10-11-12-13-19(2,14-17-22)21-16-15-20-18-21/h15-16,18,22H,3-14,17H2,1-2H3. The SMILES string of the molecule is CCCCCCCCCCCCC(C)(CCO)n1ccnc1. The predicted molar refractivity (Wildman–Crippen MR) is 94.0 cm³/mol. The number of aliphatic hydroxyl groups excluding tert-OH is 1. The number of unbranched alkanes of at least 4 members (excludes halogenated alkanes) is 9. The van der Waals surface area contributed by atoms with Gasteiger partial charge in [0.05, 0.1) is 6.33 Å². The fourth-order valence-corrected chi connectivity index (χ4v) is 3.20. The van der Waals surface area contributed by atoms with Crippen LogP contribution in [-0.2, 0) is 5.54 Å². The molecule has 1 heterocycles. The van der Waals surface area contributed by atoms with Crippen molar-refractivity contribution in [1.82, 2.24) is 9.55 Å². The number of hydrogen-bond donors (Lipinski definition) is 1. The zero-order valence-corrected chi connectivity index (χ0v) is 14.8. The number of imidazole rings is 1. The molecular formula is C19H36N2O. The number of aromatic nitrogens is 2. The van der Waals surface area contributed by atoms with Crippen molar-refractivity contribution in [2.24, 2.45) is 0 Å². The quantitative estimate of drug-likeness (QED) is 0.474. The second kappa shape index (κ2) is 11.7. The molecule has 0 spiro atoms. The van der Waals surface area contributed by atoms with Crippen LogP contribution in [0.2, 0.25) is 0 Å². The van der Waals surface area contributed by atoms with Gasteiger partial charge in [0.25, 0.3) is 0 Å². The highest BCUT2D eigenvalue weighted by atomic mass is 16.3. The van der Waals surface area contributed by atoms with Crippen LogP contribution in [0.5, 0.6) is 0 Å². The van der Waals surface area contributed by atoms with Crippen LogP contribution < -0.4 is 0 Å². The molecule has 0 amide bonds. The topological polar surface area (TPSA) is 38.0 Å². The summed E-state index contributed by atoms with van der Waals surface area (Å²) in [4.78, 5) is 4.15. The molecule has 0 saturated heterocycles. The van der Waals surface area contributed by atoms with Gasteiger partial charge in [0.15, 0.2) is 0 Å². The Morgan fingerprint density at radius 3 is 2.00 bits per heavy atom. The molecule has 0 aliphatic rings. The van der Waals surface area contributed by atoms with E-state index in [9.17, 15) is 5.11 Å². The maximum Gasteiger partial charge on any atom is 0.0951 e. The molecule has 0 aliphatic carbocycles. The summed E-state index contributed by atoms with van der Waals surface area (Å²) in [6, 6.07) is 0. The maximum atomic E-state index is 9.33. The van der Waals surface area contributed by atoms with Crippen molar-refractivity contribution >= 4 is 0 Å². The van der Waals surface area contributed by atoms with Crippen LogP contribution >= 0.6 is 0 Å². The molecule has 3 nitrogen and oxygen atoms in total. The first-order valence-corrected chi connectivity index (χ1v) is 9.32. The minimum absolute atomic E-state index is 0.0192. The Kier molecular flexibility index (Phi) is 10.2. The van der Waals surface area contributed by atoms with Gasteiger partial charge in [-0.25, -0.2) is 4.98 Å². The van der Waals surface area contributed by atoms with Gasteiger partial charge in [-0.1, -0.05) is 71.1 Å². The highest BCUT2D eigenvalue weighted by Crippen LogP contribution is 2.27. The molecular weight excluding hydrogens is 272 g/mol. The fourth-order valence-electron chi connectivity index (χ4n) is 3.20. The van der Waals surface area contributed by atoms with Gasteiger partial charge in [0, 0.05) is 24.5 Å². The van der Waals surface area contributed by atoms with Crippen molar-refractivity contribution in [3.8, 4) is 0 Å². The summed E-state index contributed by atoms with van der Waals surface area (Å²) in [7, 11) is 0. The van der Waals surface area contributed by atoms with Gasteiger partial charge in [-0.3, -0.25) is 0 Å². The molecule has 128 valence electrons. The summed E-state index contributed by atoms with van der Waals surface area (Å²) in [5.41, 5.74) is 0.0192. The van der Waals surface area contributed by atoms with Crippen LogP contribution in [0, 0.1) is 0 Å². The lowest BCUT2D eigenvalue weighted by atomic mass is 9.90. The molecule has 22 heavy (non-hydrogen) atoms. The Hall–Kier alpha value is -0.830. The van der Waals surface area contributed by atoms with E-state index in [-0.39, 0.29) is 12.1 Å². The largest absolute Gasteiger partial charge is 0.396 e. The van der Waals surface area contributed by atoms with Crippen molar-refractivity contribution in [2.45, 2.75) is 96.4 Å². The van der Waals surface area contributed by atoms with Crippen molar-refractivity contribution in [2.75, 3.05) is 6.61 Å². The zero-order valence-electron chi connectivity index (χ0n) is 14.8. The number of hydrogen-bond acceptors (Lipinski definition) is 2. The molecule has 0 aliphatic heterocycles. The van der Waals surface area contributed by atoms with Crippen LogP contribution in [0.1, 0.15) is 90.9 Å². The summed E-state index contributed by atoms with van der Waals surface area (Å²) in [6.07, 6.45) is 21.3. The van der Waals surface area contributed by atoms with Gasteiger partial charge in [-0.2, -0.15) is 0 Å². The molecule has 0 fully saturated rings. The Balaban J connectivity index is 2.09. The number of aliphatic hydroxyl groups is 1. The third-order valence-electron chi connectivity index (χ3n) is 4.85. The third-order valence-corrected chi connectivity index (χ3v) is 4.85. The van der Waals surface area contributed by atoms with E-state index in [1.165, 1.54) is 64.2 Å². The zero-order chi connectivity index (χ0) is 16.1. The molecule has 0 aromatic carbocycles. The van der Waals surface area contributed by atoms with Crippen LogP contribution in [0.25, 0.3) is 0 Å². The van der Waals surface area contributed by atoms with E-state index in [1.807, 2.05) is 18.7 Å². The molecule has 0 radical (unpaired) electrons. The summed E-state index contributed by atoms with van der Waals surface area (Å²) in [6.45, 7) is 4.75. The molecule has 1 rings (SSSR count). The smallest absolute Gasteiger partial charge is 0.0951 e. The highest BCUT2D eigenvalue weighted by molar-refractivity contribution is 4.88. The summed E-state index contributed by atoms with van der Waals surface area (Å²) in [5.74, 6) is 0. The molecule has 1 aromatic heterocycles. The van der Waals surface area contributed by atoms with Crippen LogP contribution in [0.3, 0.4) is 0 Å². The van der Waals surface area contributed by atoms with E-state index >= 15 is 0 Å². The van der Waals surface area contributed by atoms with Crippen molar-refractivity contribution in [3.05, 3.63) is 18.7 Å². The van der Waals surface area contributed by atoms with Gasteiger partial charge in [-0.05, 0) is 19.8 Å². The van der Waals surface area contributed by atoms with Crippen molar-refractivity contribution in [3.63, 3.8) is 0 Å². The van der Waals surface area contributed by atoms with E-state index in [2.05, 4.69) is 23.4 Å². The van der Waals surface area contributed by atoms with Gasteiger partial charge in [0.2, 0.25) is 0 Å². The Bertz CT molecular complexity index is 350. The second-order valence-corrected chi connectivity index (χ2v) is 6.87. The Morgan fingerprint density at radius 2 is 1.50 bits per heavy atom. The molecule has 1 aromatic rings. The summed E-state index contributed by atoms with van der Waals surface area (Å²) >= 11 is 0. The average Bonchev–Trinajstić information content (AvgIpc) is 3.04. The first-order valence-electron chi connectivity index (χ1n) is 9.32. The van der Waals surface area contributed by atoms with Crippen molar-refractivity contribution in [1.29, 1.82) is 0 Å². The molecule has 0 bridgehead atoms.